The van der Waals surface area contributed by atoms with Gasteiger partial charge in [0.2, 0.25) is 0 Å². The lowest BCUT2D eigenvalue weighted by Crippen LogP contribution is -2.37. The van der Waals surface area contributed by atoms with E-state index in [9.17, 15) is 18.7 Å². The number of carbonyl (C=O) groups is 1. The van der Waals surface area contributed by atoms with Gasteiger partial charge in [-0.25, -0.2) is 18.3 Å². The second-order valence-electron chi connectivity index (χ2n) is 10.4. The van der Waals surface area contributed by atoms with E-state index in [1.807, 2.05) is 24.5 Å². The van der Waals surface area contributed by atoms with Gasteiger partial charge in [-0.05, 0) is 79.1 Å². The molecular weight excluding hydrogens is 534 g/mol. The summed E-state index contributed by atoms with van der Waals surface area (Å²) in [5, 5.41) is 17.5. The lowest BCUT2D eigenvalue weighted by atomic mass is 10.0. The Labute approximate surface area is 235 Å². The first-order chi connectivity index (χ1) is 19.4. The molecule has 4 aromatic rings. The molecule has 2 fully saturated rings. The van der Waals surface area contributed by atoms with Crippen molar-refractivity contribution in [1.82, 2.24) is 24.8 Å². The number of imidazole rings is 1. The number of likely N-dealkylation sites (tertiary alicyclic amines) is 1. The number of fused-ring (bicyclic) bond motifs is 1. The fourth-order valence-corrected chi connectivity index (χ4v) is 6.21. The van der Waals surface area contributed by atoms with Crippen LogP contribution in [0.25, 0.3) is 5.65 Å². The number of phenolic OH excluding ortho intramolecular Hbond substituents is 1. The third kappa shape index (κ3) is 5.35. The minimum Gasteiger partial charge on any atom is -0.505 e. The zero-order valence-corrected chi connectivity index (χ0v) is 22.9. The highest BCUT2D eigenvalue weighted by atomic mass is 32.2. The number of carbonyl (C=O) groups excluding carboxylic acids is 1. The molecular formula is C29H30F2N6O2S. The smallest absolute Gasteiger partial charge is 0.271 e. The topological polar surface area (TPSA) is 86.0 Å². The molecule has 2 N–H and O–H groups in total. The molecule has 2 atom stereocenters. The van der Waals surface area contributed by atoms with Crippen LogP contribution in [0.2, 0.25) is 0 Å². The van der Waals surface area contributed by atoms with Crippen LogP contribution < -0.4 is 10.2 Å². The van der Waals surface area contributed by atoms with Gasteiger partial charge in [0, 0.05) is 37.1 Å². The third-order valence-electron chi connectivity index (χ3n) is 7.67. The van der Waals surface area contributed by atoms with Crippen molar-refractivity contribution in [2.45, 2.75) is 42.8 Å². The van der Waals surface area contributed by atoms with Gasteiger partial charge in [-0.2, -0.15) is 0 Å². The molecule has 2 aromatic carbocycles. The van der Waals surface area contributed by atoms with Gasteiger partial charge in [0.05, 0.1) is 12.2 Å². The average Bonchev–Trinajstić information content (AvgIpc) is 3.70. The van der Waals surface area contributed by atoms with Crippen LogP contribution in [0.5, 0.6) is 5.75 Å². The van der Waals surface area contributed by atoms with Gasteiger partial charge >= 0.3 is 0 Å². The van der Waals surface area contributed by atoms with Crippen LogP contribution in [0.4, 0.5) is 14.6 Å². The summed E-state index contributed by atoms with van der Waals surface area (Å²) in [5.41, 5.74) is 2.66. The molecule has 2 aliphatic heterocycles. The Morgan fingerprint density at radius 3 is 2.83 bits per heavy atom. The molecule has 11 heteroatoms. The molecule has 40 heavy (non-hydrogen) atoms. The van der Waals surface area contributed by atoms with Crippen LogP contribution in [-0.4, -0.2) is 62.4 Å². The Morgan fingerprint density at radius 2 is 2.00 bits per heavy atom. The summed E-state index contributed by atoms with van der Waals surface area (Å²) in [4.78, 5) is 22.9. The molecule has 0 unspecified atom stereocenters. The predicted octanol–water partition coefficient (Wildman–Crippen LogP) is 4.78. The van der Waals surface area contributed by atoms with Gasteiger partial charge in [-0.3, -0.25) is 9.69 Å². The van der Waals surface area contributed by atoms with Crippen LogP contribution in [0.15, 0.2) is 59.6 Å². The van der Waals surface area contributed by atoms with Crippen LogP contribution in [-0.2, 0) is 6.54 Å². The molecule has 0 radical (unpaired) electrons. The first-order valence-electron chi connectivity index (χ1n) is 13.3. The molecule has 6 rings (SSSR count). The third-order valence-corrected chi connectivity index (χ3v) is 8.37. The first-order valence-corrected chi connectivity index (χ1v) is 14.6. The summed E-state index contributed by atoms with van der Waals surface area (Å²) in [6, 6.07) is 13.2. The van der Waals surface area contributed by atoms with E-state index in [0.29, 0.717) is 30.2 Å². The van der Waals surface area contributed by atoms with Gasteiger partial charge in [0.15, 0.2) is 22.9 Å². The highest BCUT2D eigenvalue weighted by Gasteiger charge is 2.29. The highest BCUT2D eigenvalue weighted by Crippen LogP contribution is 2.37. The van der Waals surface area contributed by atoms with Crippen molar-refractivity contribution in [2.75, 3.05) is 30.8 Å². The highest BCUT2D eigenvalue weighted by molar-refractivity contribution is 7.98. The van der Waals surface area contributed by atoms with Gasteiger partial charge < -0.3 is 15.3 Å². The van der Waals surface area contributed by atoms with E-state index in [2.05, 4.69) is 20.1 Å². The van der Waals surface area contributed by atoms with Gasteiger partial charge in [0.1, 0.15) is 11.6 Å². The molecule has 0 bridgehead atoms. The number of anilines is 1. The number of aromatic hydroxyl groups is 1. The first kappa shape index (κ1) is 26.5. The Bertz CT molecular complexity index is 1560. The summed E-state index contributed by atoms with van der Waals surface area (Å²) in [5.74, 6) is -0.782. The quantitative estimate of drug-likeness (QED) is 0.313. The number of benzene rings is 2. The molecule has 0 spiro atoms. The Hall–Kier alpha value is -3.70. The predicted molar refractivity (Wildman–Crippen MR) is 150 cm³/mol. The number of halogens is 2. The number of rotatable bonds is 7. The summed E-state index contributed by atoms with van der Waals surface area (Å²) >= 11 is 1.52. The number of hydrogen-bond acceptors (Lipinski definition) is 7. The second-order valence-corrected chi connectivity index (χ2v) is 11.2. The lowest BCUT2D eigenvalue weighted by molar-refractivity contribution is 0.0930. The molecule has 1 amide bonds. The maximum absolute atomic E-state index is 14.3. The van der Waals surface area contributed by atoms with Crippen molar-refractivity contribution in [2.24, 2.45) is 0 Å². The van der Waals surface area contributed by atoms with Gasteiger partial charge in [-0.15, -0.1) is 16.9 Å². The normalized spacial score (nSPS) is 19.5. The largest absolute Gasteiger partial charge is 0.505 e. The SMILES string of the molecule is CSc1cc(F)cc([C@H]2CCCN2c2ccc3ncc(C(=O)N[C@H]4CCN(Cc5ccc(F)c(O)c5)C4)n3n2)c1. The van der Waals surface area contributed by atoms with Crippen molar-refractivity contribution in [1.29, 1.82) is 0 Å². The standard InChI is InChI=1S/C29H30F2N6O2S/c1-40-22-13-19(12-20(30)14-22)24-3-2-9-36(24)28-7-6-27-32-15-25(37(27)34-28)29(39)33-21-8-10-35(17-21)16-18-4-5-23(31)26(38)11-18/h4-7,11-15,21,24,38H,2-3,8-10,16-17H2,1H3,(H,33,39)/t21-,24+/m0/s1. The molecule has 2 aliphatic rings. The number of amides is 1. The van der Waals surface area contributed by atoms with Crippen LogP contribution in [0, 0.1) is 11.6 Å². The molecule has 8 nitrogen and oxygen atoms in total. The van der Waals surface area contributed by atoms with E-state index in [4.69, 9.17) is 5.10 Å². The number of aromatic nitrogens is 3. The maximum atomic E-state index is 14.3. The van der Waals surface area contributed by atoms with Crippen molar-refractivity contribution >= 4 is 29.1 Å². The van der Waals surface area contributed by atoms with Crippen molar-refractivity contribution in [3.8, 4) is 5.75 Å². The van der Waals surface area contributed by atoms with Crippen LogP contribution in [0.3, 0.4) is 0 Å². The molecule has 2 aromatic heterocycles. The summed E-state index contributed by atoms with van der Waals surface area (Å²) in [6.45, 7) is 2.75. The van der Waals surface area contributed by atoms with E-state index in [0.717, 1.165) is 48.4 Å². The van der Waals surface area contributed by atoms with Crippen LogP contribution >= 0.6 is 11.8 Å². The van der Waals surface area contributed by atoms with Crippen LogP contribution in [0.1, 0.15) is 46.9 Å². The lowest BCUT2D eigenvalue weighted by Gasteiger charge is -2.26. The van der Waals surface area contributed by atoms with E-state index < -0.39 is 5.82 Å². The molecule has 4 heterocycles. The number of nitrogens with zero attached hydrogens (tertiary/aromatic N) is 5. The Kier molecular flexibility index (Phi) is 7.33. The molecule has 2 saturated heterocycles. The number of phenols is 1. The van der Waals surface area contributed by atoms with Gasteiger partial charge in [-0.1, -0.05) is 6.07 Å². The minimum absolute atomic E-state index is 0.000149. The Balaban J connectivity index is 1.16. The monoisotopic (exact) mass is 564 g/mol. The molecule has 0 aliphatic carbocycles. The number of hydrogen-bond donors (Lipinski definition) is 2. The van der Waals surface area contributed by atoms with Crippen molar-refractivity contribution < 1.29 is 18.7 Å². The zero-order valence-electron chi connectivity index (χ0n) is 22.1. The maximum Gasteiger partial charge on any atom is 0.271 e. The van der Waals surface area contributed by atoms with Gasteiger partial charge in [0.25, 0.3) is 5.91 Å². The second kappa shape index (κ2) is 11.1. The minimum atomic E-state index is -0.640. The van der Waals surface area contributed by atoms with E-state index in [1.165, 1.54) is 30.1 Å². The number of nitrogens with one attached hydrogen (secondary N) is 1. The molecule has 0 saturated carbocycles. The fraction of sp³-hybridized carbons (Fsp3) is 0.345. The van der Waals surface area contributed by atoms with Crippen molar-refractivity contribution in [3.05, 3.63) is 83.2 Å². The van der Waals surface area contributed by atoms with E-state index in [1.54, 1.807) is 22.7 Å². The van der Waals surface area contributed by atoms with E-state index in [-0.39, 0.29) is 29.6 Å². The number of thioether (sulfide) groups is 1. The summed E-state index contributed by atoms with van der Waals surface area (Å²) in [6.07, 6.45) is 6.10. The summed E-state index contributed by atoms with van der Waals surface area (Å²) in [7, 11) is 0. The zero-order chi connectivity index (χ0) is 27.8. The summed E-state index contributed by atoms with van der Waals surface area (Å²) < 4.78 is 29.3. The fourth-order valence-electron chi connectivity index (χ4n) is 5.72. The van der Waals surface area contributed by atoms with Crippen molar-refractivity contribution in [3.63, 3.8) is 0 Å². The molecule has 208 valence electrons. The average molecular weight is 565 g/mol. The van der Waals surface area contributed by atoms with E-state index >= 15 is 0 Å². The Morgan fingerprint density at radius 1 is 1.12 bits per heavy atom.